The predicted molar refractivity (Wildman–Crippen MR) is 67.2 cm³/mol. The molecule has 2 heterocycles. The third-order valence-electron chi connectivity index (χ3n) is 3.19. The summed E-state index contributed by atoms with van der Waals surface area (Å²) < 4.78 is 38.2. The highest BCUT2D eigenvalue weighted by Gasteiger charge is 2.34. The molecule has 1 unspecified atom stereocenters. The number of nitrogens with two attached hydrogens (primary N) is 2. The second-order valence-corrected chi connectivity index (χ2v) is 4.78. The van der Waals surface area contributed by atoms with Gasteiger partial charge in [-0.2, -0.15) is 13.2 Å². The highest BCUT2D eigenvalue weighted by Crippen LogP contribution is 2.31. The second kappa shape index (κ2) is 5.28. The van der Waals surface area contributed by atoms with Gasteiger partial charge in [0.15, 0.2) is 0 Å². The average molecular weight is 288 g/mol. The van der Waals surface area contributed by atoms with E-state index in [2.05, 4.69) is 4.98 Å². The third-order valence-corrected chi connectivity index (χ3v) is 3.19. The first kappa shape index (κ1) is 14.6. The molecule has 1 fully saturated rings. The lowest BCUT2D eigenvalue weighted by Crippen LogP contribution is -2.44. The Morgan fingerprint density at radius 1 is 1.40 bits per heavy atom. The van der Waals surface area contributed by atoms with Gasteiger partial charge in [-0.15, -0.1) is 0 Å². The van der Waals surface area contributed by atoms with Crippen molar-refractivity contribution in [3.63, 3.8) is 0 Å². The maximum atomic E-state index is 12.7. The zero-order valence-corrected chi connectivity index (χ0v) is 10.7. The molecule has 1 aliphatic rings. The van der Waals surface area contributed by atoms with Crippen LogP contribution >= 0.6 is 0 Å². The summed E-state index contributed by atoms with van der Waals surface area (Å²) in [5, 5.41) is 0. The van der Waals surface area contributed by atoms with E-state index in [4.69, 9.17) is 11.5 Å². The van der Waals surface area contributed by atoms with E-state index in [0.717, 1.165) is 25.0 Å². The van der Waals surface area contributed by atoms with Crippen molar-refractivity contribution in [3.05, 3.63) is 23.4 Å². The van der Waals surface area contributed by atoms with Crippen LogP contribution in [0.2, 0.25) is 0 Å². The van der Waals surface area contributed by atoms with E-state index < -0.39 is 17.8 Å². The quantitative estimate of drug-likeness (QED) is 0.854. The molecule has 1 aromatic rings. The third kappa shape index (κ3) is 3.01. The molecule has 0 spiro atoms. The van der Waals surface area contributed by atoms with Crippen LogP contribution in [0.1, 0.15) is 28.9 Å². The van der Waals surface area contributed by atoms with Crippen molar-refractivity contribution in [2.24, 2.45) is 11.5 Å². The van der Waals surface area contributed by atoms with Gasteiger partial charge in [-0.1, -0.05) is 0 Å². The number of carbonyl (C=O) groups excluding carboxylic acids is 1. The Kier molecular flexibility index (Phi) is 3.85. The lowest BCUT2D eigenvalue weighted by atomic mass is 10.1. The zero-order valence-electron chi connectivity index (χ0n) is 10.7. The van der Waals surface area contributed by atoms with Crippen LogP contribution in [0, 0.1) is 0 Å². The minimum Gasteiger partial charge on any atom is -0.365 e. The fourth-order valence-electron chi connectivity index (χ4n) is 2.24. The van der Waals surface area contributed by atoms with E-state index in [-0.39, 0.29) is 17.4 Å². The van der Waals surface area contributed by atoms with Gasteiger partial charge in [-0.05, 0) is 25.0 Å². The van der Waals surface area contributed by atoms with Gasteiger partial charge in [0, 0.05) is 19.1 Å². The van der Waals surface area contributed by atoms with Crippen LogP contribution in [0.4, 0.5) is 19.0 Å². The van der Waals surface area contributed by atoms with E-state index in [1.165, 1.54) is 0 Å². The van der Waals surface area contributed by atoms with Gasteiger partial charge in [0.2, 0.25) is 0 Å². The number of piperidine rings is 1. The number of primary amides is 1. The summed E-state index contributed by atoms with van der Waals surface area (Å²) in [6.07, 6.45) is -3.04. The monoisotopic (exact) mass is 288 g/mol. The molecule has 1 saturated heterocycles. The molecule has 1 amide bonds. The van der Waals surface area contributed by atoms with E-state index in [1.807, 2.05) is 0 Å². The van der Waals surface area contributed by atoms with Gasteiger partial charge < -0.3 is 16.4 Å². The molecule has 110 valence electrons. The smallest absolute Gasteiger partial charge is 0.365 e. The van der Waals surface area contributed by atoms with Crippen molar-refractivity contribution in [2.75, 3.05) is 18.0 Å². The lowest BCUT2D eigenvalue weighted by Gasteiger charge is -2.32. The Balaban J connectivity index is 2.44. The van der Waals surface area contributed by atoms with E-state index in [0.29, 0.717) is 13.1 Å². The molecule has 0 bridgehead atoms. The summed E-state index contributed by atoms with van der Waals surface area (Å²) in [5.41, 5.74) is 9.94. The van der Waals surface area contributed by atoms with Crippen LogP contribution < -0.4 is 16.4 Å². The Hall–Kier alpha value is -1.83. The van der Waals surface area contributed by atoms with Gasteiger partial charge in [0.05, 0.1) is 5.56 Å². The number of rotatable bonds is 2. The molecule has 1 aromatic heterocycles. The number of aromatic nitrogens is 1. The second-order valence-electron chi connectivity index (χ2n) is 4.78. The molecule has 20 heavy (non-hydrogen) atoms. The maximum Gasteiger partial charge on any atom is 0.433 e. The van der Waals surface area contributed by atoms with Crippen LogP contribution in [0.15, 0.2) is 12.1 Å². The summed E-state index contributed by atoms with van der Waals surface area (Å²) in [7, 11) is 0. The molecule has 4 N–H and O–H groups in total. The molecule has 8 heteroatoms. The number of amides is 1. The van der Waals surface area contributed by atoms with Gasteiger partial charge in [-0.25, -0.2) is 4.98 Å². The minimum absolute atomic E-state index is 0.0212. The molecule has 0 aromatic carbocycles. The van der Waals surface area contributed by atoms with Crippen molar-refractivity contribution in [2.45, 2.75) is 25.1 Å². The van der Waals surface area contributed by atoms with Crippen LogP contribution in [0.3, 0.4) is 0 Å². The summed E-state index contributed by atoms with van der Waals surface area (Å²) >= 11 is 0. The number of carbonyl (C=O) groups is 1. The Labute approximate surface area is 113 Å². The summed E-state index contributed by atoms with van der Waals surface area (Å²) in [6.45, 7) is 0.858. The van der Waals surface area contributed by atoms with Crippen LogP contribution in [-0.2, 0) is 6.18 Å². The predicted octanol–water partition coefficient (Wildman–Crippen LogP) is 1.13. The molecular formula is C12H15F3N4O. The number of nitrogens with zero attached hydrogens (tertiary/aromatic N) is 2. The Bertz CT molecular complexity index is 518. The molecular weight excluding hydrogens is 273 g/mol. The first-order valence-electron chi connectivity index (χ1n) is 6.17. The van der Waals surface area contributed by atoms with Crippen molar-refractivity contribution in [1.29, 1.82) is 0 Å². The number of hydrogen-bond acceptors (Lipinski definition) is 4. The minimum atomic E-state index is -4.57. The number of pyridine rings is 1. The van der Waals surface area contributed by atoms with E-state index in [1.54, 1.807) is 4.90 Å². The summed E-state index contributed by atoms with van der Waals surface area (Å²) in [6, 6.07) is 1.67. The normalized spacial score (nSPS) is 20.0. The summed E-state index contributed by atoms with van der Waals surface area (Å²) in [5.74, 6) is -0.845. The van der Waals surface area contributed by atoms with Crippen LogP contribution in [-0.4, -0.2) is 30.0 Å². The molecule has 0 aliphatic carbocycles. The van der Waals surface area contributed by atoms with E-state index in [9.17, 15) is 18.0 Å². The highest BCUT2D eigenvalue weighted by atomic mass is 19.4. The van der Waals surface area contributed by atoms with Crippen LogP contribution in [0.25, 0.3) is 0 Å². The first-order valence-corrected chi connectivity index (χ1v) is 6.17. The molecule has 1 aliphatic heterocycles. The van der Waals surface area contributed by atoms with Crippen molar-refractivity contribution < 1.29 is 18.0 Å². The Morgan fingerprint density at radius 3 is 2.65 bits per heavy atom. The van der Waals surface area contributed by atoms with Crippen molar-refractivity contribution in [3.8, 4) is 0 Å². The molecule has 0 saturated carbocycles. The standard InChI is InChI=1S/C12H15F3N4O/c13-12(14,15)9-4-3-8(10(17)20)11(18-9)19-5-1-2-7(16)6-19/h3-4,7H,1-2,5-6,16H2,(H2,17,20). The topological polar surface area (TPSA) is 85.2 Å². The average Bonchev–Trinajstić information content (AvgIpc) is 2.37. The fourth-order valence-corrected chi connectivity index (χ4v) is 2.24. The number of anilines is 1. The maximum absolute atomic E-state index is 12.7. The Morgan fingerprint density at radius 2 is 2.10 bits per heavy atom. The summed E-state index contributed by atoms with van der Waals surface area (Å²) in [4.78, 5) is 16.5. The highest BCUT2D eigenvalue weighted by molar-refractivity contribution is 5.97. The van der Waals surface area contributed by atoms with Gasteiger partial charge in [-0.3, -0.25) is 4.79 Å². The largest absolute Gasteiger partial charge is 0.433 e. The first-order chi connectivity index (χ1) is 9.29. The van der Waals surface area contributed by atoms with Gasteiger partial charge in [0.25, 0.3) is 5.91 Å². The number of alkyl halides is 3. The van der Waals surface area contributed by atoms with Gasteiger partial charge >= 0.3 is 6.18 Å². The molecule has 0 radical (unpaired) electrons. The van der Waals surface area contributed by atoms with Gasteiger partial charge in [0.1, 0.15) is 11.5 Å². The molecule has 5 nitrogen and oxygen atoms in total. The number of hydrogen-bond donors (Lipinski definition) is 2. The van der Waals surface area contributed by atoms with E-state index >= 15 is 0 Å². The molecule has 2 rings (SSSR count). The zero-order chi connectivity index (χ0) is 14.9. The van der Waals surface area contributed by atoms with Crippen LogP contribution in [0.5, 0.6) is 0 Å². The van der Waals surface area contributed by atoms with Crippen molar-refractivity contribution >= 4 is 11.7 Å². The fraction of sp³-hybridized carbons (Fsp3) is 0.500. The molecule has 1 atom stereocenters. The SMILES string of the molecule is NC(=O)c1ccc(C(F)(F)F)nc1N1CCCC(N)C1. The number of halogens is 3. The van der Waals surface area contributed by atoms with Crippen molar-refractivity contribution in [1.82, 2.24) is 4.98 Å². The lowest BCUT2D eigenvalue weighted by molar-refractivity contribution is -0.141.